The second kappa shape index (κ2) is 9.47. The molecule has 0 spiro atoms. The number of carbonyl (C=O) groups is 2. The van der Waals surface area contributed by atoms with Gasteiger partial charge in [-0.25, -0.2) is 4.79 Å². The Morgan fingerprint density at radius 2 is 1.72 bits per heavy atom. The lowest BCUT2D eigenvalue weighted by Gasteiger charge is -2.40. The highest BCUT2D eigenvalue weighted by Gasteiger charge is 2.32. The van der Waals surface area contributed by atoms with E-state index in [2.05, 4.69) is 15.5 Å². The van der Waals surface area contributed by atoms with Crippen molar-refractivity contribution in [1.29, 1.82) is 0 Å². The Morgan fingerprint density at radius 1 is 1.04 bits per heavy atom. The summed E-state index contributed by atoms with van der Waals surface area (Å²) in [6.07, 6.45) is 5.60. The molecule has 1 amide bonds. The first kappa shape index (κ1) is 18.6. The van der Waals surface area contributed by atoms with Gasteiger partial charge in [-0.1, -0.05) is 6.42 Å². The predicted molar refractivity (Wildman–Crippen MR) is 93.5 cm³/mol. The summed E-state index contributed by atoms with van der Waals surface area (Å²) in [5.74, 6) is -0.371. The van der Waals surface area contributed by atoms with Crippen LogP contribution in [0, 0.1) is 0 Å². The first-order valence-corrected chi connectivity index (χ1v) is 9.63. The van der Waals surface area contributed by atoms with Crippen molar-refractivity contribution >= 4 is 12.4 Å². The monoisotopic (exact) mass is 353 g/mol. The summed E-state index contributed by atoms with van der Waals surface area (Å²) in [5, 5.41) is 7.78. The van der Waals surface area contributed by atoms with Crippen molar-refractivity contribution < 1.29 is 14.4 Å². The maximum absolute atomic E-state index is 12.5. The molecule has 0 saturated carbocycles. The first-order valence-electron chi connectivity index (χ1n) is 9.63. The molecule has 25 heavy (non-hydrogen) atoms. The number of hydrogen-bond acceptors (Lipinski definition) is 7. The molecule has 142 valence electrons. The molecule has 0 aromatic rings. The van der Waals surface area contributed by atoms with Gasteiger partial charge >= 0.3 is 5.97 Å². The third kappa shape index (κ3) is 5.13. The molecular weight excluding hydrogens is 322 g/mol. The Bertz CT molecular complexity index is 430. The van der Waals surface area contributed by atoms with Crippen molar-refractivity contribution in [3.63, 3.8) is 0 Å². The van der Waals surface area contributed by atoms with E-state index >= 15 is 0 Å². The highest BCUT2D eigenvalue weighted by Crippen LogP contribution is 2.16. The van der Waals surface area contributed by atoms with Gasteiger partial charge in [0.1, 0.15) is 0 Å². The number of piperidine rings is 2. The summed E-state index contributed by atoms with van der Waals surface area (Å²) in [5.41, 5.74) is 0. The molecule has 3 saturated heterocycles. The molecule has 1 atom stereocenters. The molecule has 0 bridgehead atoms. The Hall–Kier alpha value is -1.22. The number of rotatable bonds is 6. The predicted octanol–water partition coefficient (Wildman–Crippen LogP) is -0.628. The van der Waals surface area contributed by atoms with Gasteiger partial charge in [-0.3, -0.25) is 14.6 Å². The van der Waals surface area contributed by atoms with E-state index in [4.69, 9.17) is 4.84 Å². The minimum atomic E-state index is -0.666. The summed E-state index contributed by atoms with van der Waals surface area (Å²) in [6, 6.07) is 0.650. The van der Waals surface area contributed by atoms with E-state index < -0.39 is 6.17 Å². The summed E-state index contributed by atoms with van der Waals surface area (Å²) in [6.45, 7) is 7.13. The van der Waals surface area contributed by atoms with Gasteiger partial charge in [0, 0.05) is 45.3 Å². The SMILES string of the molecule is O=CNC(C(=O)ON1CCN(C2CCNCC2)CC1)N1CCCCC1. The van der Waals surface area contributed by atoms with E-state index in [-0.39, 0.29) is 5.97 Å². The Morgan fingerprint density at radius 3 is 2.36 bits per heavy atom. The maximum Gasteiger partial charge on any atom is 0.362 e. The highest BCUT2D eigenvalue weighted by atomic mass is 16.7. The average molecular weight is 353 g/mol. The molecule has 0 aromatic carbocycles. The number of hydrogen-bond donors (Lipinski definition) is 2. The van der Waals surface area contributed by atoms with Gasteiger partial charge in [-0.2, -0.15) is 0 Å². The fourth-order valence-electron chi connectivity index (χ4n) is 4.07. The molecule has 0 radical (unpaired) electrons. The van der Waals surface area contributed by atoms with Crippen molar-refractivity contribution in [3.05, 3.63) is 0 Å². The molecule has 3 fully saturated rings. The molecule has 3 heterocycles. The van der Waals surface area contributed by atoms with E-state index in [0.29, 0.717) is 12.5 Å². The minimum absolute atomic E-state index is 0.371. The molecule has 8 nitrogen and oxygen atoms in total. The van der Waals surface area contributed by atoms with Gasteiger partial charge in [-0.05, 0) is 38.8 Å². The van der Waals surface area contributed by atoms with E-state index in [1.807, 2.05) is 4.90 Å². The van der Waals surface area contributed by atoms with Crippen LogP contribution in [0.5, 0.6) is 0 Å². The number of carbonyl (C=O) groups excluding carboxylic acids is 2. The van der Waals surface area contributed by atoms with Crippen LogP contribution in [0.3, 0.4) is 0 Å². The second-order valence-corrected chi connectivity index (χ2v) is 7.14. The minimum Gasteiger partial charge on any atom is -0.365 e. The van der Waals surface area contributed by atoms with E-state index in [1.54, 1.807) is 5.06 Å². The smallest absolute Gasteiger partial charge is 0.362 e. The van der Waals surface area contributed by atoms with Crippen LogP contribution < -0.4 is 10.6 Å². The second-order valence-electron chi connectivity index (χ2n) is 7.14. The van der Waals surface area contributed by atoms with E-state index in [0.717, 1.165) is 65.2 Å². The lowest BCUT2D eigenvalue weighted by molar-refractivity contribution is -0.206. The molecular formula is C17H31N5O3. The number of nitrogens with one attached hydrogen (secondary N) is 2. The van der Waals surface area contributed by atoms with Gasteiger partial charge in [-0.15, -0.1) is 5.06 Å². The molecule has 3 aliphatic rings. The number of amides is 1. The zero-order valence-electron chi connectivity index (χ0n) is 15.0. The van der Waals surface area contributed by atoms with Crippen molar-refractivity contribution in [1.82, 2.24) is 25.5 Å². The lowest BCUT2D eigenvalue weighted by atomic mass is 10.0. The molecule has 8 heteroatoms. The van der Waals surface area contributed by atoms with Crippen molar-refractivity contribution in [2.45, 2.75) is 44.3 Å². The quantitative estimate of drug-likeness (QED) is 0.616. The van der Waals surface area contributed by atoms with Crippen LogP contribution in [0.2, 0.25) is 0 Å². The fourth-order valence-corrected chi connectivity index (χ4v) is 4.07. The van der Waals surface area contributed by atoms with Gasteiger partial charge in [0.25, 0.3) is 0 Å². The van der Waals surface area contributed by atoms with Gasteiger partial charge in [0.15, 0.2) is 6.17 Å². The van der Waals surface area contributed by atoms with Gasteiger partial charge in [0.05, 0.1) is 0 Å². The van der Waals surface area contributed by atoms with Crippen molar-refractivity contribution in [3.8, 4) is 0 Å². The van der Waals surface area contributed by atoms with E-state index in [9.17, 15) is 9.59 Å². The summed E-state index contributed by atoms with van der Waals surface area (Å²) >= 11 is 0. The summed E-state index contributed by atoms with van der Waals surface area (Å²) in [7, 11) is 0. The number of hydroxylamine groups is 2. The largest absolute Gasteiger partial charge is 0.365 e. The fraction of sp³-hybridized carbons (Fsp3) is 0.882. The zero-order valence-corrected chi connectivity index (χ0v) is 15.0. The molecule has 1 unspecified atom stereocenters. The molecule has 3 rings (SSSR count). The number of piperazine rings is 1. The Kier molecular flexibility index (Phi) is 7.03. The molecule has 0 aromatic heterocycles. The zero-order chi connectivity index (χ0) is 17.5. The number of likely N-dealkylation sites (tertiary alicyclic amines) is 1. The van der Waals surface area contributed by atoms with Crippen LogP contribution in [0.4, 0.5) is 0 Å². The average Bonchev–Trinajstić information content (AvgIpc) is 2.68. The van der Waals surface area contributed by atoms with Crippen LogP contribution in [0.25, 0.3) is 0 Å². The van der Waals surface area contributed by atoms with Crippen LogP contribution in [0.15, 0.2) is 0 Å². The van der Waals surface area contributed by atoms with Crippen molar-refractivity contribution in [2.24, 2.45) is 0 Å². The number of nitrogens with zero attached hydrogens (tertiary/aromatic N) is 3. The first-order chi connectivity index (χ1) is 12.3. The summed E-state index contributed by atoms with van der Waals surface area (Å²) in [4.78, 5) is 33.5. The van der Waals surface area contributed by atoms with Gasteiger partial charge < -0.3 is 15.5 Å². The molecule has 0 aliphatic carbocycles. The summed E-state index contributed by atoms with van der Waals surface area (Å²) < 4.78 is 0. The standard InChI is InChI=1S/C17H31N5O3/c23-14-19-16(21-8-2-1-3-9-21)17(24)25-22-12-10-20(11-13-22)15-4-6-18-7-5-15/h14-16,18H,1-13H2,(H,19,23). The van der Waals surface area contributed by atoms with Crippen LogP contribution in [-0.4, -0.2) is 91.8 Å². The Labute approximate surface area is 149 Å². The third-order valence-corrected chi connectivity index (χ3v) is 5.52. The lowest BCUT2D eigenvalue weighted by Crippen LogP contribution is -2.56. The Balaban J connectivity index is 1.46. The van der Waals surface area contributed by atoms with Crippen molar-refractivity contribution in [2.75, 3.05) is 52.4 Å². The normalized spacial score (nSPS) is 26.1. The molecule has 2 N–H and O–H groups in total. The van der Waals surface area contributed by atoms with Gasteiger partial charge in [0.2, 0.25) is 6.41 Å². The van der Waals surface area contributed by atoms with Crippen LogP contribution >= 0.6 is 0 Å². The highest BCUT2D eigenvalue weighted by molar-refractivity contribution is 5.77. The topological polar surface area (TPSA) is 77.2 Å². The van der Waals surface area contributed by atoms with E-state index in [1.165, 1.54) is 19.3 Å². The third-order valence-electron chi connectivity index (χ3n) is 5.52. The maximum atomic E-state index is 12.5. The van der Waals surface area contributed by atoms with Crippen LogP contribution in [-0.2, 0) is 14.4 Å². The van der Waals surface area contributed by atoms with Crippen LogP contribution in [0.1, 0.15) is 32.1 Å². The molecule has 3 aliphatic heterocycles.